The molecule has 30 heavy (non-hydrogen) atoms. The van der Waals surface area contributed by atoms with Gasteiger partial charge in [0.2, 0.25) is 5.91 Å². The van der Waals surface area contributed by atoms with Crippen LogP contribution in [0.4, 0.5) is 5.69 Å². The SMILES string of the molecule is CN(Cc1ccc(N(C)C)cc1)C(=O)CCn1cnc2sc3c(c2c1=O)CCCC3. The van der Waals surface area contributed by atoms with Gasteiger partial charge in [-0.3, -0.25) is 14.2 Å². The van der Waals surface area contributed by atoms with Crippen molar-refractivity contribution in [1.29, 1.82) is 0 Å². The Bertz CT molecular complexity index is 1110. The van der Waals surface area contributed by atoms with E-state index >= 15 is 0 Å². The summed E-state index contributed by atoms with van der Waals surface area (Å²) in [6, 6.07) is 8.19. The first kappa shape index (κ1) is 20.6. The van der Waals surface area contributed by atoms with E-state index in [0.717, 1.165) is 40.7 Å². The minimum atomic E-state index is -0.00544. The number of nitrogens with zero attached hydrogens (tertiary/aromatic N) is 4. The lowest BCUT2D eigenvalue weighted by atomic mass is 9.97. The van der Waals surface area contributed by atoms with Crippen molar-refractivity contribution >= 4 is 33.1 Å². The Morgan fingerprint density at radius 3 is 2.60 bits per heavy atom. The summed E-state index contributed by atoms with van der Waals surface area (Å²) in [6.45, 7) is 0.909. The molecule has 2 heterocycles. The molecule has 158 valence electrons. The molecule has 0 saturated heterocycles. The van der Waals surface area contributed by atoms with Crippen molar-refractivity contribution in [2.75, 3.05) is 26.0 Å². The Hall–Kier alpha value is -2.67. The lowest BCUT2D eigenvalue weighted by molar-refractivity contribution is -0.130. The molecule has 0 saturated carbocycles. The maximum Gasteiger partial charge on any atom is 0.262 e. The number of anilines is 1. The van der Waals surface area contributed by atoms with Gasteiger partial charge in [0.05, 0.1) is 11.7 Å². The summed E-state index contributed by atoms with van der Waals surface area (Å²) in [5.74, 6) is 0.0195. The molecule has 2 aromatic heterocycles. The van der Waals surface area contributed by atoms with Crippen LogP contribution >= 0.6 is 11.3 Å². The van der Waals surface area contributed by atoms with E-state index in [9.17, 15) is 9.59 Å². The maximum absolute atomic E-state index is 13.0. The van der Waals surface area contributed by atoms with Gasteiger partial charge in [0.15, 0.2) is 0 Å². The van der Waals surface area contributed by atoms with Crippen LogP contribution in [0.25, 0.3) is 10.2 Å². The van der Waals surface area contributed by atoms with E-state index in [2.05, 4.69) is 17.1 Å². The molecule has 0 bridgehead atoms. The van der Waals surface area contributed by atoms with Gasteiger partial charge in [0.25, 0.3) is 5.56 Å². The molecule has 6 nitrogen and oxygen atoms in total. The highest BCUT2D eigenvalue weighted by Crippen LogP contribution is 2.33. The van der Waals surface area contributed by atoms with Gasteiger partial charge in [-0.05, 0) is 48.9 Å². The van der Waals surface area contributed by atoms with Crippen LogP contribution in [-0.2, 0) is 30.7 Å². The average molecular weight is 425 g/mol. The highest BCUT2D eigenvalue weighted by molar-refractivity contribution is 7.18. The van der Waals surface area contributed by atoms with Crippen molar-refractivity contribution in [3.63, 3.8) is 0 Å². The van der Waals surface area contributed by atoms with Gasteiger partial charge in [-0.2, -0.15) is 0 Å². The van der Waals surface area contributed by atoms with Crippen molar-refractivity contribution in [3.8, 4) is 0 Å². The van der Waals surface area contributed by atoms with Crippen molar-refractivity contribution in [2.24, 2.45) is 0 Å². The van der Waals surface area contributed by atoms with E-state index < -0.39 is 0 Å². The van der Waals surface area contributed by atoms with Crippen molar-refractivity contribution in [2.45, 2.75) is 45.2 Å². The number of carbonyl (C=O) groups is 1. The smallest absolute Gasteiger partial charge is 0.262 e. The van der Waals surface area contributed by atoms with Gasteiger partial charge >= 0.3 is 0 Å². The zero-order chi connectivity index (χ0) is 21.3. The first-order valence-corrected chi connectivity index (χ1v) is 11.3. The summed E-state index contributed by atoms with van der Waals surface area (Å²) in [5, 5.41) is 0.777. The summed E-state index contributed by atoms with van der Waals surface area (Å²) < 4.78 is 1.60. The fraction of sp³-hybridized carbons (Fsp3) is 0.435. The molecule has 0 spiro atoms. The number of hydrogen-bond acceptors (Lipinski definition) is 5. The molecule has 1 aliphatic carbocycles. The number of hydrogen-bond donors (Lipinski definition) is 0. The Morgan fingerprint density at radius 1 is 1.13 bits per heavy atom. The van der Waals surface area contributed by atoms with Crippen LogP contribution < -0.4 is 10.5 Å². The number of aryl methyl sites for hydroxylation is 3. The lowest BCUT2D eigenvalue weighted by Crippen LogP contribution is -2.29. The predicted octanol–water partition coefficient (Wildman–Crippen LogP) is 3.45. The van der Waals surface area contributed by atoms with Gasteiger partial charge in [-0.1, -0.05) is 12.1 Å². The standard InChI is InChI=1S/C23H28N4O2S/c1-25(2)17-10-8-16(9-11-17)14-26(3)20(28)12-13-27-15-24-22-21(23(27)29)18-6-4-5-7-19(18)30-22/h8-11,15H,4-7,12-14H2,1-3H3. The average Bonchev–Trinajstić information content (AvgIpc) is 3.12. The molecule has 1 amide bonds. The molecular formula is C23H28N4O2S. The second-order valence-electron chi connectivity index (χ2n) is 8.19. The zero-order valence-electron chi connectivity index (χ0n) is 17.9. The molecular weight excluding hydrogens is 396 g/mol. The quantitative estimate of drug-likeness (QED) is 0.608. The normalized spacial score (nSPS) is 13.3. The molecule has 1 aromatic carbocycles. The highest BCUT2D eigenvalue weighted by atomic mass is 32.1. The minimum absolute atomic E-state index is 0.00544. The van der Waals surface area contributed by atoms with Crippen LogP contribution in [-0.4, -0.2) is 41.5 Å². The van der Waals surface area contributed by atoms with Crippen LogP contribution in [0.5, 0.6) is 0 Å². The molecule has 0 atom stereocenters. The zero-order valence-corrected chi connectivity index (χ0v) is 18.7. The van der Waals surface area contributed by atoms with Crippen LogP contribution in [0.2, 0.25) is 0 Å². The topological polar surface area (TPSA) is 58.4 Å². The Balaban J connectivity index is 1.42. The third-order valence-corrected chi connectivity index (χ3v) is 7.01. The number of fused-ring (bicyclic) bond motifs is 3. The second-order valence-corrected chi connectivity index (χ2v) is 9.28. The van der Waals surface area contributed by atoms with Crippen LogP contribution in [0.3, 0.4) is 0 Å². The lowest BCUT2D eigenvalue weighted by Gasteiger charge is -2.19. The molecule has 7 heteroatoms. The van der Waals surface area contributed by atoms with Crippen LogP contribution in [0.1, 0.15) is 35.3 Å². The van der Waals surface area contributed by atoms with Crippen molar-refractivity contribution in [3.05, 3.63) is 57.0 Å². The van der Waals surface area contributed by atoms with E-state index in [1.165, 1.54) is 16.9 Å². The van der Waals surface area contributed by atoms with E-state index in [0.29, 0.717) is 13.1 Å². The third kappa shape index (κ3) is 4.12. The summed E-state index contributed by atoms with van der Waals surface area (Å²) in [7, 11) is 5.82. The summed E-state index contributed by atoms with van der Waals surface area (Å²) in [4.78, 5) is 36.1. The first-order chi connectivity index (χ1) is 14.4. The predicted molar refractivity (Wildman–Crippen MR) is 122 cm³/mol. The van der Waals surface area contributed by atoms with Crippen molar-refractivity contribution < 1.29 is 4.79 Å². The third-order valence-electron chi connectivity index (χ3n) is 5.81. The first-order valence-electron chi connectivity index (χ1n) is 10.4. The number of aromatic nitrogens is 2. The van der Waals surface area contributed by atoms with Crippen LogP contribution in [0, 0.1) is 0 Å². The van der Waals surface area contributed by atoms with Gasteiger partial charge < -0.3 is 9.80 Å². The minimum Gasteiger partial charge on any atom is -0.378 e. The van der Waals surface area contributed by atoms with Crippen molar-refractivity contribution in [1.82, 2.24) is 14.5 Å². The van der Waals surface area contributed by atoms with E-state index in [1.54, 1.807) is 27.1 Å². The fourth-order valence-corrected chi connectivity index (χ4v) is 5.23. The maximum atomic E-state index is 13.0. The number of thiophene rings is 1. The van der Waals surface area contributed by atoms with Gasteiger partial charge in [-0.15, -0.1) is 11.3 Å². The van der Waals surface area contributed by atoms with Crippen LogP contribution in [0.15, 0.2) is 35.4 Å². The van der Waals surface area contributed by atoms with Gasteiger partial charge in [0.1, 0.15) is 4.83 Å². The highest BCUT2D eigenvalue weighted by Gasteiger charge is 2.20. The summed E-state index contributed by atoms with van der Waals surface area (Å²) in [6.07, 6.45) is 6.21. The molecule has 1 aliphatic rings. The van der Waals surface area contributed by atoms with E-state index in [-0.39, 0.29) is 17.9 Å². The van der Waals surface area contributed by atoms with Gasteiger partial charge in [0, 0.05) is 51.2 Å². The number of amides is 1. The van der Waals surface area contributed by atoms with E-state index in [4.69, 9.17) is 0 Å². The number of rotatable bonds is 6. The summed E-state index contributed by atoms with van der Waals surface area (Å²) >= 11 is 1.65. The van der Waals surface area contributed by atoms with E-state index in [1.807, 2.05) is 38.2 Å². The molecule has 0 radical (unpaired) electrons. The fourth-order valence-electron chi connectivity index (χ4n) is 4.01. The molecule has 0 aliphatic heterocycles. The number of carbonyl (C=O) groups excluding carboxylic acids is 1. The molecule has 4 rings (SSSR count). The van der Waals surface area contributed by atoms with Gasteiger partial charge in [-0.25, -0.2) is 4.98 Å². The number of benzene rings is 1. The molecule has 0 unspecified atom stereocenters. The Kier molecular flexibility index (Phi) is 5.90. The second kappa shape index (κ2) is 8.60. The monoisotopic (exact) mass is 424 g/mol. The Labute approximate surface area is 180 Å². The summed E-state index contributed by atoms with van der Waals surface area (Å²) in [5.41, 5.74) is 3.40. The Morgan fingerprint density at radius 2 is 1.87 bits per heavy atom. The molecule has 0 fully saturated rings. The molecule has 3 aromatic rings. The molecule has 0 N–H and O–H groups in total. The largest absolute Gasteiger partial charge is 0.378 e.